The van der Waals surface area contributed by atoms with Crippen molar-refractivity contribution in [1.29, 1.82) is 0 Å². The van der Waals surface area contributed by atoms with Gasteiger partial charge in [0.1, 0.15) is 11.5 Å². The third-order valence-electron chi connectivity index (χ3n) is 5.65. The van der Waals surface area contributed by atoms with E-state index in [-0.39, 0.29) is 5.91 Å². The number of hydrogen-bond donors (Lipinski definition) is 1. The predicted molar refractivity (Wildman–Crippen MR) is 127 cm³/mol. The summed E-state index contributed by atoms with van der Waals surface area (Å²) in [4.78, 5) is 14.9. The quantitative estimate of drug-likeness (QED) is 0.481. The van der Waals surface area contributed by atoms with E-state index in [2.05, 4.69) is 25.0 Å². The second-order valence-electron chi connectivity index (χ2n) is 8.21. The lowest BCUT2D eigenvalue weighted by atomic mass is 10.1. The Labute approximate surface area is 192 Å². The van der Waals surface area contributed by atoms with Gasteiger partial charge in [0.25, 0.3) is 0 Å². The van der Waals surface area contributed by atoms with Crippen LogP contribution in [0.3, 0.4) is 0 Å². The van der Waals surface area contributed by atoms with Crippen LogP contribution in [0.2, 0.25) is 0 Å². The minimum Gasteiger partial charge on any atom is -0.457 e. The van der Waals surface area contributed by atoms with Crippen molar-refractivity contribution in [2.45, 2.75) is 43.3 Å². The van der Waals surface area contributed by atoms with Crippen molar-refractivity contribution in [3.05, 3.63) is 54.6 Å². The molecular weight excluding hydrogens is 422 g/mol. The summed E-state index contributed by atoms with van der Waals surface area (Å²) in [6.07, 6.45) is 6.02. The molecule has 1 aromatic heterocycles. The van der Waals surface area contributed by atoms with Crippen molar-refractivity contribution in [2.24, 2.45) is 0 Å². The van der Waals surface area contributed by atoms with Gasteiger partial charge in [-0.25, -0.2) is 0 Å². The summed E-state index contributed by atoms with van der Waals surface area (Å²) in [7, 11) is 0. The number of ether oxygens (including phenoxy) is 1. The van der Waals surface area contributed by atoms with Crippen molar-refractivity contribution in [2.75, 3.05) is 29.1 Å². The Morgan fingerprint density at radius 2 is 1.69 bits per heavy atom. The van der Waals surface area contributed by atoms with E-state index in [9.17, 15) is 4.79 Å². The number of amides is 1. The molecule has 1 aliphatic heterocycles. The molecule has 0 unspecified atom stereocenters. The number of anilines is 2. The molecule has 32 heavy (non-hydrogen) atoms. The Morgan fingerprint density at radius 1 is 0.969 bits per heavy atom. The maximum atomic E-state index is 12.5. The van der Waals surface area contributed by atoms with E-state index in [1.165, 1.54) is 31.0 Å². The van der Waals surface area contributed by atoms with E-state index in [4.69, 9.17) is 4.74 Å². The molecule has 0 bridgehead atoms. The monoisotopic (exact) mass is 449 g/mol. The first-order valence-electron chi connectivity index (χ1n) is 11.2. The lowest BCUT2D eigenvalue weighted by Crippen LogP contribution is -2.32. The van der Waals surface area contributed by atoms with Crippen molar-refractivity contribution >= 4 is 29.3 Å². The molecule has 0 radical (unpaired) electrons. The number of hydrogen-bond acceptors (Lipinski definition) is 6. The lowest BCUT2D eigenvalue weighted by Gasteiger charge is -2.27. The van der Waals surface area contributed by atoms with Crippen LogP contribution in [-0.2, 0) is 4.79 Å². The highest BCUT2D eigenvalue weighted by atomic mass is 32.2. The average molecular weight is 450 g/mol. The maximum Gasteiger partial charge on any atom is 0.234 e. The molecule has 1 aliphatic carbocycles. The van der Waals surface area contributed by atoms with Gasteiger partial charge in [0.05, 0.1) is 5.75 Å². The van der Waals surface area contributed by atoms with Crippen LogP contribution in [0.1, 0.15) is 38.1 Å². The third kappa shape index (κ3) is 5.07. The fourth-order valence-electron chi connectivity index (χ4n) is 3.89. The SMILES string of the molecule is O=C(CSc1nnc(N2CCCCC2)n1C1CC1)Nc1ccc(Oc2ccccc2)cc1. The van der Waals surface area contributed by atoms with Crippen molar-refractivity contribution in [3.8, 4) is 11.5 Å². The van der Waals surface area contributed by atoms with Crippen molar-refractivity contribution in [1.82, 2.24) is 14.8 Å². The Bertz CT molecular complexity index is 1040. The number of piperidine rings is 1. The molecule has 1 saturated heterocycles. The van der Waals surface area contributed by atoms with Gasteiger partial charge < -0.3 is 15.0 Å². The molecule has 2 heterocycles. The summed E-state index contributed by atoms with van der Waals surface area (Å²) < 4.78 is 8.05. The molecule has 0 spiro atoms. The van der Waals surface area contributed by atoms with Gasteiger partial charge in [0.2, 0.25) is 11.9 Å². The zero-order valence-corrected chi connectivity index (χ0v) is 18.8. The van der Waals surface area contributed by atoms with E-state index in [0.29, 0.717) is 11.8 Å². The van der Waals surface area contributed by atoms with Crippen LogP contribution in [0.4, 0.5) is 11.6 Å². The highest BCUT2D eigenvalue weighted by molar-refractivity contribution is 7.99. The van der Waals surface area contributed by atoms with Gasteiger partial charge in [0.15, 0.2) is 5.16 Å². The van der Waals surface area contributed by atoms with Gasteiger partial charge >= 0.3 is 0 Å². The largest absolute Gasteiger partial charge is 0.457 e. The van der Waals surface area contributed by atoms with Crippen LogP contribution in [-0.4, -0.2) is 39.5 Å². The van der Waals surface area contributed by atoms with Gasteiger partial charge in [-0.3, -0.25) is 9.36 Å². The fraction of sp³-hybridized carbons (Fsp3) is 0.375. The maximum absolute atomic E-state index is 12.5. The zero-order chi connectivity index (χ0) is 21.8. The molecule has 7 nitrogen and oxygen atoms in total. The molecule has 2 aliphatic rings. The summed E-state index contributed by atoms with van der Waals surface area (Å²) in [5.74, 6) is 2.73. The van der Waals surface area contributed by atoms with Gasteiger partial charge in [-0.15, -0.1) is 10.2 Å². The Balaban J connectivity index is 1.17. The van der Waals surface area contributed by atoms with Crippen molar-refractivity contribution in [3.63, 3.8) is 0 Å². The minimum absolute atomic E-state index is 0.0587. The molecule has 2 aromatic carbocycles. The number of rotatable bonds is 8. The average Bonchev–Trinajstić information content (AvgIpc) is 3.59. The number of aromatic nitrogens is 3. The van der Waals surface area contributed by atoms with E-state index in [0.717, 1.165) is 54.2 Å². The first kappa shape index (κ1) is 20.9. The number of nitrogens with zero attached hydrogens (tertiary/aromatic N) is 4. The number of nitrogens with one attached hydrogen (secondary N) is 1. The molecule has 5 rings (SSSR count). The normalized spacial score (nSPS) is 16.1. The Hall–Kier alpha value is -3.00. The summed E-state index contributed by atoms with van der Waals surface area (Å²) in [5, 5.41) is 12.7. The van der Waals surface area contributed by atoms with Crippen molar-refractivity contribution < 1.29 is 9.53 Å². The number of carbonyl (C=O) groups excluding carboxylic acids is 1. The molecule has 1 saturated carbocycles. The lowest BCUT2D eigenvalue weighted by molar-refractivity contribution is -0.113. The molecule has 166 valence electrons. The standard InChI is InChI=1S/C24H27N5O2S/c30-22(25-18-9-13-21(14-10-18)31-20-7-3-1-4-8-20)17-32-24-27-26-23(29(24)19-11-12-19)28-15-5-2-6-16-28/h1,3-4,7-10,13-14,19H,2,5-6,11-12,15-17H2,(H,25,30). The Morgan fingerprint density at radius 3 is 2.41 bits per heavy atom. The first-order valence-corrected chi connectivity index (χ1v) is 12.2. The molecule has 2 fully saturated rings. The van der Waals surface area contributed by atoms with Crippen LogP contribution in [0.5, 0.6) is 11.5 Å². The Kier molecular flexibility index (Phi) is 6.29. The minimum atomic E-state index is -0.0587. The van der Waals surface area contributed by atoms with Gasteiger partial charge in [-0.2, -0.15) is 0 Å². The second-order valence-corrected chi connectivity index (χ2v) is 9.15. The zero-order valence-electron chi connectivity index (χ0n) is 17.9. The number of benzene rings is 2. The van der Waals surface area contributed by atoms with Gasteiger partial charge in [-0.1, -0.05) is 30.0 Å². The second kappa shape index (κ2) is 9.65. The summed E-state index contributed by atoms with van der Waals surface area (Å²) >= 11 is 1.46. The summed E-state index contributed by atoms with van der Waals surface area (Å²) in [6.45, 7) is 2.08. The molecule has 1 amide bonds. The summed E-state index contributed by atoms with van der Waals surface area (Å²) in [6, 6.07) is 17.5. The van der Waals surface area contributed by atoms with E-state index in [1.54, 1.807) is 0 Å². The summed E-state index contributed by atoms with van der Waals surface area (Å²) in [5.41, 5.74) is 0.744. The number of para-hydroxylation sites is 1. The molecule has 1 N–H and O–H groups in total. The van der Waals surface area contributed by atoms with Gasteiger partial charge in [0, 0.05) is 24.8 Å². The van der Waals surface area contributed by atoms with E-state index in [1.807, 2.05) is 54.6 Å². The van der Waals surface area contributed by atoms with Crippen LogP contribution < -0.4 is 15.0 Å². The molecule has 3 aromatic rings. The number of carbonyl (C=O) groups is 1. The van der Waals surface area contributed by atoms with E-state index < -0.39 is 0 Å². The topological polar surface area (TPSA) is 72.3 Å². The smallest absolute Gasteiger partial charge is 0.234 e. The molecule has 0 atom stereocenters. The highest BCUT2D eigenvalue weighted by Crippen LogP contribution is 2.41. The van der Waals surface area contributed by atoms with E-state index >= 15 is 0 Å². The highest BCUT2D eigenvalue weighted by Gasteiger charge is 2.32. The van der Waals surface area contributed by atoms with Crippen LogP contribution in [0.15, 0.2) is 59.8 Å². The number of thioether (sulfide) groups is 1. The van der Waals surface area contributed by atoms with Gasteiger partial charge in [-0.05, 0) is 68.5 Å². The fourth-order valence-corrected chi connectivity index (χ4v) is 4.69. The molecular formula is C24H27N5O2S. The first-order chi connectivity index (χ1) is 15.8. The molecule has 8 heteroatoms. The van der Waals surface area contributed by atoms with Crippen LogP contribution in [0, 0.1) is 0 Å². The van der Waals surface area contributed by atoms with Crippen LogP contribution in [0.25, 0.3) is 0 Å². The van der Waals surface area contributed by atoms with Crippen LogP contribution >= 0.6 is 11.8 Å². The third-order valence-corrected chi connectivity index (χ3v) is 6.59. The predicted octanol–water partition coefficient (Wildman–Crippen LogP) is 5.13.